The molecule has 1 fully saturated rings. The summed E-state index contributed by atoms with van der Waals surface area (Å²) in [6.45, 7) is 0.956. The first-order valence-corrected chi connectivity index (χ1v) is 12.6. The normalized spacial score (nSPS) is 20.2. The van der Waals surface area contributed by atoms with Gasteiger partial charge in [-0.15, -0.1) is 23.1 Å². The minimum Gasteiger partial charge on any atom is -0.343 e. The molecule has 1 saturated heterocycles. The molecule has 154 valence electrons. The number of benzene rings is 1. The predicted molar refractivity (Wildman–Crippen MR) is 114 cm³/mol. The molecule has 2 aromatic rings. The Hall–Kier alpha value is -1.88. The lowest BCUT2D eigenvalue weighted by atomic mass is 10.1. The van der Waals surface area contributed by atoms with E-state index in [9.17, 15) is 18.0 Å². The molecule has 0 radical (unpaired) electrons. The number of piperidine rings is 1. The van der Waals surface area contributed by atoms with E-state index in [4.69, 9.17) is 0 Å². The number of likely N-dealkylation sites (tertiary alicyclic amines) is 1. The van der Waals surface area contributed by atoms with Gasteiger partial charge in [0.25, 0.3) is 0 Å². The van der Waals surface area contributed by atoms with Crippen molar-refractivity contribution in [2.75, 3.05) is 18.4 Å². The van der Waals surface area contributed by atoms with Crippen LogP contribution >= 0.6 is 23.1 Å². The van der Waals surface area contributed by atoms with Gasteiger partial charge in [-0.25, -0.2) is 13.1 Å². The van der Waals surface area contributed by atoms with Crippen LogP contribution in [0, 0.1) is 0 Å². The van der Waals surface area contributed by atoms with E-state index < -0.39 is 15.3 Å². The van der Waals surface area contributed by atoms with Crippen molar-refractivity contribution in [3.63, 3.8) is 0 Å². The van der Waals surface area contributed by atoms with Crippen LogP contribution in [0.3, 0.4) is 0 Å². The van der Waals surface area contributed by atoms with E-state index in [2.05, 4.69) is 10.0 Å². The Morgan fingerprint density at radius 2 is 1.93 bits per heavy atom. The number of sulfonamides is 1. The first-order chi connectivity index (χ1) is 13.9. The highest BCUT2D eigenvalue weighted by atomic mass is 32.2. The van der Waals surface area contributed by atoms with Gasteiger partial charge in [-0.2, -0.15) is 0 Å². The van der Waals surface area contributed by atoms with Crippen LogP contribution in [0.25, 0.3) is 0 Å². The van der Waals surface area contributed by atoms with Gasteiger partial charge < -0.3 is 10.2 Å². The zero-order valence-electron chi connectivity index (χ0n) is 15.5. The standard InChI is InChI=1S/C19H21N3O4S3/c23-17(12-16-19(24)20-14-4-1-2-5-15(14)28-16)22-9-7-13(8-10-22)21-29(25,26)18-6-3-11-27-18/h1-6,11,13,16,21H,7-10,12H2,(H,20,24). The number of anilines is 1. The van der Waals surface area contributed by atoms with E-state index in [1.54, 1.807) is 22.4 Å². The third-order valence-corrected chi connectivity index (χ3v) is 9.19. The molecule has 0 spiro atoms. The van der Waals surface area contributed by atoms with Crippen LogP contribution in [0.2, 0.25) is 0 Å². The van der Waals surface area contributed by atoms with Gasteiger partial charge in [0, 0.05) is 30.4 Å². The molecule has 2 N–H and O–H groups in total. The minimum atomic E-state index is -3.50. The monoisotopic (exact) mass is 451 g/mol. The lowest BCUT2D eigenvalue weighted by Gasteiger charge is -2.33. The van der Waals surface area contributed by atoms with Gasteiger partial charge >= 0.3 is 0 Å². The number of thioether (sulfide) groups is 1. The fraction of sp³-hybridized carbons (Fsp3) is 0.368. The first-order valence-electron chi connectivity index (χ1n) is 9.32. The Bertz CT molecular complexity index is 999. The highest BCUT2D eigenvalue weighted by Gasteiger charge is 2.32. The number of hydrogen-bond donors (Lipinski definition) is 2. The van der Waals surface area contributed by atoms with Crippen molar-refractivity contribution in [3.8, 4) is 0 Å². The van der Waals surface area contributed by atoms with Crippen molar-refractivity contribution in [1.82, 2.24) is 9.62 Å². The van der Waals surface area contributed by atoms with Gasteiger partial charge in [0.15, 0.2) is 0 Å². The molecule has 0 bridgehead atoms. The van der Waals surface area contributed by atoms with E-state index in [0.29, 0.717) is 30.1 Å². The molecule has 7 nitrogen and oxygen atoms in total. The fourth-order valence-corrected chi connectivity index (χ4v) is 6.87. The lowest BCUT2D eigenvalue weighted by Crippen LogP contribution is -2.47. The number of thiophene rings is 1. The smallest absolute Gasteiger partial charge is 0.250 e. The third kappa shape index (κ3) is 4.66. The van der Waals surface area contributed by atoms with Gasteiger partial charge in [-0.05, 0) is 36.4 Å². The molecule has 3 heterocycles. The maximum atomic E-state index is 12.7. The van der Waals surface area contributed by atoms with Crippen molar-refractivity contribution in [1.29, 1.82) is 0 Å². The van der Waals surface area contributed by atoms with E-state index >= 15 is 0 Å². The molecule has 1 aromatic carbocycles. The average molecular weight is 452 g/mol. The number of amides is 2. The first kappa shape index (κ1) is 20.4. The second-order valence-corrected chi connectivity index (χ2v) is 11.1. The number of nitrogens with zero attached hydrogens (tertiary/aromatic N) is 1. The Labute approximate surface area is 177 Å². The average Bonchev–Trinajstić information content (AvgIpc) is 3.25. The molecule has 1 aromatic heterocycles. The summed E-state index contributed by atoms with van der Waals surface area (Å²) in [6, 6.07) is 10.6. The molecule has 29 heavy (non-hydrogen) atoms. The largest absolute Gasteiger partial charge is 0.343 e. The van der Waals surface area contributed by atoms with Crippen molar-refractivity contribution < 1.29 is 18.0 Å². The third-order valence-electron chi connectivity index (χ3n) is 5.00. The highest BCUT2D eigenvalue weighted by Crippen LogP contribution is 2.36. The number of rotatable bonds is 5. The lowest BCUT2D eigenvalue weighted by molar-refractivity contribution is -0.133. The van der Waals surface area contributed by atoms with Crippen LogP contribution in [0.1, 0.15) is 19.3 Å². The maximum Gasteiger partial charge on any atom is 0.250 e. The van der Waals surface area contributed by atoms with Crippen LogP contribution in [0.4, 0.5) is 5.69 Å². The quantitative estimate of drug-likeness (QED) is 0.728. The second-order valence-electron chi connectivity index (χ2n) is 7.00. The second kappa shape index (κ2) is 8.47. The molecule has 2 aliphatic rings. The number of carbonyl (C=O) groups excluding carboxylic acids is 2. The molecule has 1 atom stereocenters. The van der Waals surface area contributed by atoms with Gasteiger partial charge in [0.2, 0.25) is 21.8 Å². The zero-order valence-corrected chi connectivity index (χ0v) is 18.0. The summed E-state index contributed by atoms with van der Waals surface area (Å²) in [6.07, 6.45) is 1.25. The van der Waals surface area contributed by atoms with Crippen molar-refractivity contribution >= 4 is 50.6 Å². The molecule has 0 aliphatic carbocycles. The Morgan fingerprint density at radius 1 is 1.17 bits per heavy atom. The molecule has 0 saturated carbocycles. The van der Waals surface area contributed by atoms with Crippen LogP contribution in [-0.2, 0) is 19.6 Å². The van der Waals surface area contributed by atoms with E-state index in [-0.39, 0.29) is 24.3 Å². The number of para-hydroxylation sites is 1. The molecule has 1 unspecified atom stereocenters. The summed E-state index contributed by atoms with van der Waals surface area (Å²) in [5.41, 5.74) is 0.782. The molecule has 10 heteroatoms. The number of fused-ring (bicyclic) bond motifs is 1. The summed E-state index contributed by atoms with van der Waals surface area (Å²) in [5.74, 6) is -0.225. The Kier molecular flexibility index (Phi) is 5.95. The van der Waals surface area contributed by atoms with Gasteiger partial charge in [0.05, 0.1) is 10.9 Å². The topological polar surface area (TPSA) is 95.6 Å². The highest BCUT2D eigenvalue weighted by molar-refractivity contribution is 8.01. The molecular formula is C19H21N3O4S3. The summed E-state index contributed by atoms with van der Waals surface area (Å²) >= 11 is 2.60. The Balaban J connectivity index is 1.30. The molecule has 2 amide bonds. The van der Waals surface area contributed by atoms with Gasteiger partial charge in [0.1, 0.15) is 4.21 Å². The fourth-order valence-electron chi connectivity index (χ4n) is 3.46. The van der Waals surface area contributed by atoms with Crippen LogP contribution in [-0.4, -0.2) is 49.5 Å². The summed E-state index contributed by atoms with van der Waals surface area (Å²) in [5, 5.41) is 4.14. The van der Waals surface area contributed by atoms with Crippen molar-refractivity contribution in [2.24, 2.45) is 0 Å². The van der Waals surface area contributed by atoms with E-state index in [0.717, 1.165) is 10.6 Å². The predicted octanol–water partition coefficient (Wildman–Crippen LogP) is 2.52. The Morgan fingerprint density at radius 3 is 2.66 bits per heavy atom. The number of carbonyl (C=O) groups is 2. The van der Waals surface area contributed by atoms with Crippen molar-refractivity contribution in [2.45, 2.75) is 39.7 Å². The SMILES string of the molecule is O=C1Nc2ccccc2SC1CC(=O)N1CCC(NS(=O)(=O)c2cccs2)CC1. The number of hydrogen-bond acceptors (Lipinski definition) is 6. The van der Waals surface area contributed by atoms with Crippen molar-refractivity contribution in [3.05, 3.63) is 41.8 Å². The maximum absolute atomic E-state index is 12.7. The zero-order chi connectivity index (χ0) is 20.4. The summed E-state index contributed by atoms with van der Waals surface area (Å²) in [4.78, 5) is 27.7. The van der Waals surface area contributed by atoms with Crippen LogP contribution < -0.4 is 10.0 Å². The minimum absolute atomic E-state index is 0.0726. The number of nitrogens with one attached hydrogen (secondary N) is 2. The van der Waals surface area contributed by atoms with Gasteiger partial charge in [-0.3, -0.25) is 9.59 Å². The van der Waals surface area contributed by atoms with Gasteiger partial charge in [-0.1, -0.05) is 18.2 Å². The molecule has 4 rings (SSSR count). The molecular weight excluding hydrogens is 430 g/mol. The van der Waals surface area contributed by atoms with E-state index in [1.165, 1.54) is 23.1 Å². The molecule has 2 aliphatic heterocycles. The van der Waals surface area contributed by atoms with E-state index in [1.807, 2.05) is 24.3 Å². The van der Waals surface area contributed by atoms with Crippen LogP contribution in [0.15, 0.2) is 50.9 Å². The summed E-state index contributed by atoms with van der Waals surface area (Å²) < 4.78 is 27.7. The van der Waals surface area contributed by atoms with Crippen LogP contribution in [0.5, 0.6) is 0 Å². The summed E-state index contributed by atoms with van der Waals surface area (Å²) in [7, 11) is -3.50.